The predicted molar refractivity (Wildman–Crippen MR) is 116 cm³/mol. The van der Waals surface area contributed by atoms with Gasteiger partial charge in [-0.2, -0.15) is 0 Å². The Balaban J connectivity index is 2.17. The maximum absolute atomic E-state index is 12.7. The van der Waals surface area contributed by atoms with E-state index in [1.807, 2.05) is 13.8 Å². The maximum atomic E-state index is 12.7. The molecule has 2 N–H and O–H groups in total. The molecule has 0 saturated carbocycles. The van der Waals surface area contributed by atoms with Crippen LogP contribution in [0.1, 0.15) is 53.1 Å². The highest BCUT2D eigenvalue weighted by Gasteiger charge is 2.26. The van der Waals surface area contributed by atoms with E-state index in [-0.39, 0.29) is 15.4 Å². The summed E-state index contributed by atoms with van der Waals surface area (Å²) in [6, 6.07) is 4.72. The standard InChI is InChI=1S/C19H28N4O5S2/c1-7-27-14-10-9-13(11-15(14)28-8-2)12(3)23-30(25,26)18-22-21-17(29-18)20-16(24)19(4,5)6/h9-12,23H,7-8H2,1-6H3,(H,20,21,24)/t12-/m0/s1. The largest absolute Gasteiger partial charge is 0.490 e. The average Bonchev–Trinajstić information content (AvgIpc) is 3.12. The van der Waals surface area contributed by atoms with Gasteiger partial charge in [0.25, 0.3) is 10.0 Å². The van der Waals surface area contributed by atoms with Crippen molar-refractivity contribution in [1.82, 2.24) is 14.9 Å². The van der Waals surface area contributed by atoms with Gasteiger partial charge in [-0.15, -0.1) is 10.2 Å². The van der Waals surface area contributed by atoms with Gasteiger partial charge in [0.1, 0.15) is 0 Å². The highest BCUT2D eigenvalue weighted by molar-refractivity contribution is 7.91. The van der Waals surface area contributed by atoms with Crippen LogP contribution >= 0.6 is 11.3 Å². The number of nitrogens with zero attached hydrogens (tertiary/aromatic N) is 2. The van der Waals surface area contributed by atoms with E-state index in [1.165, 1.54) is 0 Å². The summed E-state index contributed by atoms with van der Waals surface area (Å²) in [5, 5.41) is 10.2. The molecule has 0 aliphatic heterocycles. The molecule has 1 atom stereocenters. The van der Waals surface area contributed by atoms with Crippen molar-refractivity contribution in [2.24, 2.45) is 5.41 Å². The zero-order valence-electron chi connectivity index (χ0n) is 18.0. The third-order valence-corrected chi connectivity index (χ3v) is 6.68. The molecule has 11 heteroatoms. The molecule has 0 fully saturated rings. The van der Waals surface area contributed by atoms with E-state index in [2.05, 4.69) is 20.2 Å². The highest BCUT2D eigenvalue weighted by Crippen LogP contribution is 2.31. The summed E-state index contributed by atoms with van der Waals surface area (Å²) in [7, 11) is -3.93. The monoisotopic (exact) mass is 456 g/mol. The number of aromatic nitrogens is 2. The molecule has 0 bridgehead atoms. The molecule has 0 saturated heterocycles. The van der Waals surface area contributed by atoms with Crippen LogP contribution in [0.3, 0.4) is 0 Å². The predicted octanol–water partition coefficient (Wildman–Crippen LogP) is 3.36. The Morgan fingerprint density at radius 2 is 1.77 bits per heavy atom. The Labute approximate surface area is 181 Å². The minimum absolute atomic E-state index is 0.127. The second kappa shape index (κ2) is 9.71. The molecule has 1 aromatic carbocycles. The van der Waals surface area contributed by atoms with Crippen LogP contribution in [0.2, 0.25) is 0 Å². The van der Waals surface area contributed by atoms with Crippen LogP contribution in [-0.2, 0) is 14.8 Å². The van der Waals surface area contributed by atoms with Gasteiger partial charge in [-0.25, -0.2) is 13.1 Å². The fraction of sp³-hybridized carbons (Fsp3) is 0.526. The van der Waals surface area contributed by atoms with Crippen LogP contribution in [0.4, 0.5) is 5.13 Å². The molecule has 0 aliphatic carbocycles. The Morgan fingerprint density at radius 3 is 2.37 bits per heavy atom. The number of benzene rings is 1. The first-order valence-corrected chi connectivity index (χ1v) is 11.8. The number of amides is 1. The van der Waals surface area contributed by atoms with Crippen LogP contribution in [0.15, 0.2) is 22.5 Å². The molecular formula is C19H28N4O5S2. The zero-order valence-corrected chi connectivity index (χ0v) is 19.6. The van der Waals surface area contributed by atoms with Gasteiger partial charge in [0.15, 0.2) is 11.5 Å². The van der Waals surface area contributed by atoms with E-state index >= 15 is 0 Å². The van der Waals surface area contributed by atoms with Crippen molar-refractivity contribution >= 4 is 32.4 Å². The van der Waals surface area contributed by atoms with E-state index in [0.29, 0.717) is 30.3 Å². The van der Waals surface area contributed by atoms with E-state index in [0.717, 1.165) is 11.3 Å². The third-order valence-electron chi connectivity index (χ3n) is 3.94. The number of anilines is 1. The van der Waals surface area contributed by atoms with E-state index in [4.69, 9.17) is 9.47 Å². The van der Waals surface area contributed by atoms with Crippen LogP contribution in [0.25, 0.3) is 0 Å². The molecule has 9 nitrogen and oxygen atoms in total. The van der Waals surface area contributed by atoms with Gasteiger partial charge < -0.3 is 14.8 Å². The van der Waals surface area contributed by atoms with Gasteiger partial charge in [-0.05, 0) is 38.5 Å². The SMILES string of the molecule is CCOc1ccc([C@H](C)NS(=O)(=O)c2nnc(NC(=O)C(C)(C)C)s2)cc1OCC. The van der Waals surface area contributed by atoms with Gasteiger partial charge in [-0.1, -0.05) is 38.2 Å². The fourth-order valence-electron chi connectivity index (χ4n) is 2.34. The minimum Gasteiger partial charge on any atom is -0.490 e. The van der Waals surface area contributed by atoms with Crippen molar-refractivity contribution in [2.75, 3.05) is 18.5 Å². The lowest BCUT2D eigenvalue weighted by atomic mass is 9.96. The second-order valence-corrected chi connectivity index (χ2v) is 10.4. The number of hydrogen-bond acceptors (Lipinski definition) is 8. The van der Waals surface area contributed by atoms with E-state index < -0.39 is 21.5 Å². The summed E-state index contributed by atoms with van der Waals surface area (Å²) in [5.74, 6) is 0.870. The average molecular weight is 457 g/mol. The summed E-state index contributed by atoms with van der Waals surface area (Å²) < 4.78 is 38.9. The normalized spacial score (nSPS) is 13.0. The number of carbonyl (C=O) groups is 1. The Kier molecular flexibility index (Phi) is 7.78. The van der Waals surface area contributed by atoms with Crippen LogP contribution in [0, 0.1) is 5.41 Å². The number of ether oxygens (including phenoxy) is 2. The number of rotatable bonds is 9. The van der Waals surface area contributed by atoms with Crippen LogP contribution < -0.4 is 19.5 Å². The van der Waals surface area contributed by atoms with Crippen molar-refractivity contribution < 1.29 is 22.7 Å². The first kappa shape index (κ1) is 24.0. The molecule has 1 heterocycles. The molecule has 166 valence electrons. The lowest BCUT2D eigenvalue weighted by molar-refractivity contribution is -0.123. The third kappa shape index (κ3) is 6.13. The molecule has 0 aliphatic rings. The van der Waals surface area contributed by atoms with Crippen molar-refractivity contribution in [2.45, 2.75) is 51.9 Å². The quantitative estimate of drug-likeness (QED) is 0.555. The second-order valence-electron chi connectivity index (χ2n) is 7.49. The molecular weight excluding hydrogens is 428 g/mol. The smallest absolute Gasteiger partial charge is 0.270 e. The summed E-state index contributed by atoms with van der Waals surface area (Å²) in [6.45, 7) is 11.6. The van der Waals surface area contributed by atoms with Crippen molar-refractivity contribution in [3.05, 3.63) is 23.8 Å². The number of nitrogens with one attached hydrogen (secondary N) is 2. The fourth-order valence-corrected chi connectivity index (χ4v) is 4.48. The molecule has 0 spiro atoms. The Morgan fingerprint density at radius 1 is 1.13 bits per heavy atom. The van der Waals surface area contributed by atoms with Gasteiger partial charge in [0, 0.05) is 11.5 Å². The Bertz CT molecular complexity index is 983. The van der Waals surface area contributed by atoms with Crippen LogP contribution in [0.5, 0.6) is 11.5 Å². The van der Waals surface area contributed by atoms with Crippen molar-refractivity contribution in [3.63, 3.8) is 0 Å². The van der Waals surface area contributed by atoms with Gasteiger partial charge in [0.05, 0.1) is 13.2 Å². The molecule has 2 rings (SSSR count). The Hall–Kier alpha value is -2.24. The minimum atomic E-state index is -3.93. The summed E-state index contributed by atoms with van der Waals surface area (Å²) in [5.41, 5.74) is 0.0693. The van der Waals surface area contributed by atoms with Gasteiger partial charge >= 0.3 is 0 Å². The zero-order chi connectivity index (χ0) is 22.5. The van der Waals surface area contributed by atoms with E-state index in [9.17, 15) is 13.2 Å². The topological polar surface area (TPSA) is 120 Å². The first-order chi connectivity index (χ1) is 14.0. The molecule has 2 aromatic rings. The summed E-state index contributed by atoms with van der Waals surface area (Å²) >= 11 is 0.792. The maximum Gasteiger partial charge on any atom is 0.270 e. The number of sulfonamides is 1. The van der Waals surface area contributed by atoms with E-state index in [1.54, 1.807) is 45.9 Å². The van der Waals surface area contributed by atoms with Crippen LogP contribution in [-0.4, -0.2) is 37.7 Å². The number of hydrogen-bond donors (Lipinski definition) is 2. The van der Waals surface area contributed by atoms with Crippen molar-refractivity contribution in [3.8, 4) is 11.5 Å². The van der Waals surface area contributed by atoms with Gasteiger partial charge in [0.2, 0.25) is 15.4 Å². The highest BCUT2D eigenvalue weighted by atomic mass is 32.2. The number of carbonyl (C=O) groups excluding carboxylic acids is 1. The lowest BCUT2D eigenvalue weighted by Crippen LogP contribution is -2.27. The van der Waals surface area contributed by atoms with Crippen molar-refractivity contribution in [1.29, 1.82) is 0 Å². The molecule has 1 aromatic heterocycles. The summed E-state index contributed by atoms with van der Waals surface area (Å²) in [6.07, 6.45) is 0. The first-order valence-electron chi connectivity index (χ1n) is 9.54. The molecule has 0 radical (unpaired) electrons. The molecule has 1 amide bonds. The van der Waals surface area contributed by atoms with Gasteiger partial charge in [-0.3, -0.25) is 4.79 Å². The molecule has 30 heavy (non-hydrogen) atoms. The molecule has 0 unspecified atom stereocenters. The lowest BCUT2D eigenvalue weighted by Gasteiger charge is -2.17. The summed E-state index contributed by atoms with van der Waals surface area (Å²) in [4.78, 5) is 12.1.